The van der Waals surface area contributed by atoms with Crippen LogP contribution >= 0.6 is 11.8 Å². The molecular formula is C18H18N4S. The molecule has 0 N–H and O–H groups in total. The van der Waals surface area contributed by atoms with Crippen LogP contribution in [0.5, 0.6) is 0 Å². The minimum atomic E-state index is 0.426. The highest BCUT2D eigenvalue weighted by molar-refractivity contribution is 7.99. The number of hydrogen-bond donors (Lipinski definition) is 0. The first-order valence-electron chi connectivity index (χ1n) is 7.90. The zero-order chi connectivity index (χ0) is 15.6. The van der Waals surface area contributed by atoms with Gasteiger partial charge in [-0.25, -0.2) is 15.0 Å². The van der Waals surface area contributed by atoms with Crippen LogP contribution in [0.3, 0.4) is 0 Å². The van der Waals surface area contributed by atoms with Crippen LogP contribution in [-0.4, -0.2) is 25.3 Å². The maximum Gasteiger partial charge on any atom is 0.187 e. The number of hydrogen-bond acceptors (Lipinski definition) is 4. The number of nitrogens with zero attached hydrogens (tertiary/aromatic N) is 4. The molecule has 23 heavy (non-hydrogen) atoms. The summed E-state index contributed by atoms with van der Waals surface area (Å²) in [6.45, 7) is 2.10. The van der Waals surface area contributed by atoms with E-state index >= 15 is 0 Å². The molecule has 0 unspecified atom stereocenters. The van der Waals surface area contributed by atoms with E-state index in [1.807, 2.05) is 18.6 Å². The SMILES string of the molecule is CCSc1ncc(-c2nccn2C2Cc3ccccc3C2)cn1. The zero-order valence-corrected chi connectivity index (χ0v) is 13.8. The molecule has 4 rings (SSSR count). The second-order valence-corrected chi connectivity index (χ2v) is 6.91. The van der Waals surface area contributed by atoms with Crippen LogP contribution in [0.1, 0.15) is 24.1 Å². The third-order valence-corrected chi connectivity index (χ3v) is 5.01. The maximum atomic E-state index is 4.55. The zero-order valence-electron chi connectivity index (χ0n) is 13.0. The first kappa shape index (κ1) is 14.5. The smallest absolute Gasteiger partial charge is 0.187 e. The summed E-state index contributed by atoms with van der Waals surface area (Å²) in [5.74, 6) is 1.93. The van der Waals surface area contributed by atoms with Gasteiger partial charge in [-0.2, -0.15) is 0 Å². The van der Waals surface area contributed by atoms with Crippen molar-refractivity contribution in [3.63, 3.8) is 0 Å². The van der Waals surface area contributed by atoms with Crippen LogP contribution in [0.4, 0.5) is 0 Å². The first-order chi connectivity index (χ1) is 11.3. The molecule has 0 amide bonds. The van der Waals surface area contributed by atoms with Crippen molar-refractivity contribution in [3.05, 3.63) is 60.2 Å². The third kappa shape index (κ3) is 2.77. The van der Waals surface area contributed by atoms with E-state index in [4.69, 9.17) is 0 Å². The maximum absolute atomic E-state index is 4.55. The van der Waals surface area contributed by atoms with Crippen LogP contribution in [0.15, 0.2) is 54.2 Å². The molecule has 5 heteroatoms. The Kier molecular flexibility index (Phi) is 3.87. The molecule has 0 fully saturated rings. The van der Waals surface area contributed by atoms with Crippen LogP contribution in [-0.2, 0) is 12.8 Å². The highest BCUT2D eigenvalue weighted by Crippen LogP contribution is 2.32. The lowest BCUT2D eigenvalue weighted by molar-refractivity contribution is 0.534. The van der Waals surface area contributed by atoms with Gasteiger partial charge in [0, 0.05) is 30.8 Å². The van der Waals surface area contributed by atoms with Crippen LogP contribution in [0.2, 0.25) is 0 Å². The van der Waals surface area contributed by atoms with Gasteiger partial charge in [0.15, 0.2) is 5.16 Å². The van der Waals surface area contributed by atoms with Gasteiger partial charge < -0.3 is 4.57 Å². The van der Waals surface area contributed by atoms with Crippen molar-refractivity contribution in [2.75, 3.05) is 5.75 Å². The molecule has 0 spiro atoms. The fraction of sp³-hybridized carbons (Fsp3) is 0.278. The number of aromatic nitrogens is 4. The minimum Gasteiger partial charge on any atom is -0.327 e. The monoisotopic (exact) mass is 322 g/mol. The topological polar surface area (TPSA) is 43.6 Å². The van der Waals surface area contributed by atoms with E-state index < -0.39 is 0 Å². The van der Waals surface area contributed by atoms with Gasteiger partial charge in [0.1, 0.15) is 5.82 Å². The molecule has 0 aliphatic heterocycles. The second kappa shape index (κ2) is 6.16. The Morgan fingerprint density at radius 3 is 2.43 bits per heavy atom. The predicted octanol–water partition coefficient (Wildman–Crippen LogP) is 3.79. The highest BCUT2D eigenvalue weighted by Gasteiger charge is 2.24. The fourth-order valence-electron chi connectivity index (χ4n) is 3.20. The average molecular weight is 322 g/mol. The van der Waals surface area contributed by atoms with Crippen molar-refractivity contribution in [3.8, 4) is 11.4 Å². The second-order valence-electron chi connectivity index (χ2n) is 5.68. The molecule has 0 radical (unpaired) electrons. The van der Waals surface area contributed by atoms with Crippen molar-refractivity contribution in [2.45, 2.75) is 31.0 Å². The Balaban J connectivity index is 1.62. The van der Waals surface area contributed by atoms with Gasteiger partial charge in [-0.1, -0.05) is 43.0 Å². The molecule has 2 aromatic heterocycles. The van der Waals surface area contributed by atoms with E-state index in [9.17, 15) is 0 Å². The predicted molar refractivity (Wildman–Crippen MR) is 92.5 cm³/mol. The lowest BCUT2D eigenvalue weighted by Gasteiger charge is -2.15. The summed E-state index contributed by atoms with van der Waals surface area (Å²) in [4.78, 5) is 13.4. The van der Waals surface area contributed by atoms with E-state index in [-0.39, 0.29) is 0 Å². The Hall–Kier alpha value is -2.14. The van der Waals surface area contributed by atoms with Crippen LogP contribution in [0, 0.1) is 0 Å². The van der Waals surface area contributed by atoms with E-state index in [1.165, 1.54) is 11.1 Å². The van der Waals surface area contributed by atoms with E-state index in [2.05, 4.69) is 56.9 Å². The third-order valence-electron chi connectivity index (χ3n) is 4.25. The van der Waals surface area contributed by atoms with Crippen molar-refractivity contribution in [1.29, 1.82) is 0 Å². The quantitative estimate of drug-likeness (QED) is 0.541. The Morgan fingerprint density at radius 1 is 1.09 bits per heavy atom. The van der Waals surface area contributed by atoms with Crippen molar-refractivity contribution < 1.29 is 0 Å². The largest absolute Gasteiger partial charge is 0.327 e. The number of rotatable bonds is 4. The number of imidazole rings is 1. The van der Waals surface area contributed by atoms with Crippen molar-refractivity contribution in [1.82, 2.24) is 19.5 Å². The van der Waals surface area contributed by atoms with Gasteiger partial charge in [-0.3, -0.25) is 0 Å². The number of fused-ring (bicyclic) bond motifs is 1. The molecule has 1 aromatic carbocycles. The standard InChI is InChI=1S/C18H18N4S/c1-2-23-18-20-11-15(12-21-18)17-19-7-8-22(17)16-9-13-5-3-4-6-14(13)10-16/h3-8,11-12,16H,2,9-10H2,1H3. The number of thioether (sulfide) groups is 1. The molecule has 1 aliphatic rings. The molecular weight excluding hydrogens is 304 g/mol. The Morgan fingerprint density at radius 2 is 1.78 bits per heavy atom. The van der Waals surface area contributed by atoms with Gasteiger partial charge in [0.05, 0.1) is 5.56 Å². The minimum absolute atomic E-state index is 0.426. The van der Waals surface area contributed by atoms with Gasteiger partial charge in [0.25, 0.3) is 0 Å². The molecule has 116 valence electrons. The van der Waals surface area contributed by atoms with Gasteiger partial charge in [-0.15, -0.1) is 0 Å². The summed E-state index contributed by atoms with van der Waals surface area (Å²) in [5.41, 5.74) is 3.87. The van der Waals surface area contributed by atoms with Gasteiger partial charge in [0.2, 0.25) is 0 Å². The summed E-state index contributed by atoms with van der Waals surface area (Å²) < 4.78 is 2.27. The summed E-state index contributed by atoms with van der Waals surface area (Å²) in [6.07, 6.45) is 9.82. The summed E-state index contributed by atoms with van der Waals surface area (Å²) in [5, 5.41) is 0.822. The molecule has 1 aliphatic carbocycles. The Labute approximate surface area is 140 Å². The van der Waals surface area contributed by atoms with Crippen LogP contribution in [0.25, 0.3) is 11.4 Å². The Bertz CT molecular complexity index is 785. The van der Waals surface area contributed by atoms with Crippen molar-refractivity contribution >= 4 is 11.8 Å². The van der Waals surface area contributed by atoms with E-state index in [0.717, 1.165) is 35.1 Å². The molecule has 3 aromatic rings. The lowest BCUT2D eigenvalue weighted by atomic mass is 10.1. The molecule has 0 bridgehead atoms. The molecule has 0 saturated carbocycles. The summed E-state index contributed by atoms with van der Waals surface area (Å²) >= 11 is 1.65. The van der Waals surface area contributed by atoms with Gasteiger partial charge in [-0.05, 0) is 29.7 Å². The lowest BCUT2D eigenvalue weighted by Crippen LogP contribution is -2.10. The fourth-order valence-corrected chi connectivity index (χ4v) is 3.71. The van der Waals surface area contributed by atoms with Gasteiger partial charge >= 0.3 is 0 Å². The highest BCUT2D eigenvalue weighted by atomic mass is 32.2. The average Bonchev–Trinajstić information content (AvgIpc) is 3.22. The number of benzene rings is 1. The normalized spacial score (nSPS) is 14.1. The molecule has 4 nitrogen and oxygen atoms in total. The summed E-state index contributed by atoms with van der Waals surface area (Å²) in [7, 11) is 0. The van der Waals surface area contributed by atoms with E-state index in [0.29, 0.717) is 6.04 Å². The van der Waals surface area contributed by atoms with Crippen LogP contribution < -0.4 is 0 Å². The van der Waals surface area contributed by atoms with E-state index in [1.54, 1.807) is 11.8 Å². The summed E-state index contributed by atoms with van der Waals surface area (Å²) in [6, 6.07) is 9.12. The molecule has 2 heterocycles. The van der Waals surface area contributed by atoms with Crippen molar-refractivity contribution in [2.24, 2.45) is 0 Å². The molecule has 0 saturated heterocycles. The first-order valence-corrected chi connectivity index (χ1v) is 8.88. The molecule has 0 atom stereocenters.